The van der Waals surface area contributed by atoms with Gasteiger partial charge in [0.2, 0.25) is 0 Å². The number of likely N-dealkylation sites (N-methyl/N-ethyl adjacent to an activating group) is 1. The smallest absolute Gasteiger partial charge is 0.254 e. The molecule has 2 fully saturated rings. The van der Waals surface area contributed by atoms with E-state index in [1.807, 2.05) is 24.3 Å². The molecule has 2 heterocycles. The van der Waals surface area contributed by atoms with Crippen LogP contribution in [0.5, 0.6) is 5.75 Å². The van der Waals surface area contributed by atoms with Crippen LogP contribution in [0.2, 0.25) is 0 Å². The Kier molecular flexibility index (Phi) is 4.15. The molecular formula is C17H24N2O2. The highest BCUT2D eigenvalue weighted by Crippen LogP contribution is 2.30. The Balaban J connectivity index is 1.76. The van der Waals surface area contributed by atoms with Crippen LogP contribution < -0.4 is 4.74 Å². The van der Waals surface area contributed by atoms with Crippen LogP contribution in [0.1, 0.15) is 36.0 Å². The van der Waals surface area contributed by atoms with Crippen LogP contribution in [-0.4, -0.2) is 55.0 Å². The zero-order chi connectivity index (χ0) is 14.8. The standard InChI is InChI=1S/C17H24N2O2/c1-18-11-3-5-15(18)16-6-4-12-19(16)17(20)13-7-9-14(21-2)10-8-13/h7-10,15-16H,3-6,11-12H2,1-2H3/t15-,16-/m0/s1. The lowest BCUT2D eigenvalue weighted by molar-refractivity contribution is 0.0664. The van der Waals surface area contributed by atoms with Crippen molar-refractivity contribution in [3.63, 3.8) is 0 Å². The van der Waals surface area contributed by atoms with Crippen molar-refractivity contribution in [2.75, 3.05) is 27.2 Å². The number of carbonyl (C=O) groups is 1. The number of methoxy groups -OCH3 is 1. The molecule has 1 aromatic carbocycles. The lowest BCUT2D eigenvalue weighted by atomic mass is 10.0. The number of amides is 1. The summed E-state index contributed by atoms with van der Waals surface area (Å²) in [6.45, 7) is 2.05. The van der Waals surface area contributed by atoms with Gasteiger partial charge in [-0.2, -0.15) is 0 Å². The van der Waals surface area contributed by atoms with Crippen LogP contribution in [0.15, 0.2) is 24.3 Å². The van der Waals surface area contributed by atoms with Crippen LogP contribution in [0.3, 0.4) is 0 Å². The predicted octanol–water partition coefficient (Wildman–Crippen LogP) is 2.39. The summed E-state index contributed by atoms with van der Waals surface area (Å²) in [6, 6.07) is 8.38. The second-order valence-electron chi connectivity index (χ2n) is 6.13. The van der Waals surface area contributed by atoms with E-state index in [2.05, 4.69) is 16.8 Å². The Morgan fingerprint density at radius 2 is 1.76 bits per heavy atom. The maximum absolute atomic E-state index is 12.8. The first-order valence-electron chi connectivity index (χ1n) is 7.86. The Bertz CT molecular complexity index is 500. The summed E-state index contributed by atoms with van der Waals surface area (Å²) in [5.74, 6) is 0.959. The van der Waals surface area contributed by atoms with Gasteiger partial charge in [-0.1, -0.05) is 0 Å². The first-order chi connectivity index (χ1) is 10.2. The van der Waals surface area contributed by atoms with Crippen LogP contribution in [-0.2, 0) is 0 Å². The lowest BCUT2D eigenvalue weighted by Crippen LogP contribution is -2.47. The Morgan fingerprint density at radius 1 is 1.10 bits per heavy atom. The fourth-order valence-corrected chi connectivity index (χ4v) is 3.77. The summed E-state index contributed by atoms with van der Waals surface area (Å²) in [5, 5.41) is 0. The molecule has 4 heteroatoms. The van der Waals surface area contributed by atoms with E-state index in [0.717, 1.165) is 37.2 Å². The SMILES string of the molecule is COc1ccc(C(=O)N2CCC[C@H]2[C@@H]2CCCN2C)cc1. The number of hydrogen-bond donors (Lipinski definition) is 0. The highest BCUT2D eigenvalue weighted by atomic mass is 16.5. The Morgan fingerprint density at radius 3 is 2.38 bits per heavy atom. The number of likely N-dealkylation sites (tertiary alicyclic amines) is 2. The Hall–Kier alpha value is -1.55. The largest absolute Gasteiger partial charge is 0.497 e. The second kappa shape index (κ2) is 6.06. The fraction of sp³-hybridized carbons (Fsp3) is 0.588. The van der Waals surface area contributed by atoms with Crippen molar-refractivity contribution in [1.82, 2.24) is 9.80 Å². The summed E-state index contributed by atoms with van der Waals surface area (Å²) in [4.78, 5) is 17.3. The third kappa shape index (κ3) is 2.77. The average molecular weight is 288 g/mol. The number of benzene rings is 1. The third-order valence-electron chi connectivity index (χ3n) is 4.92. The quantitative estimate of drug-likeness (QED) is 0.856. The van der Waals surface area contributed by atoms with Crippen LogP contribution >= 0.6 is 0 Å². The minimum Gasteiger partial charge on any atom is -0.497 e. The zero-order valence-corrected chi connectivity index (χ0v) is 12.9. The minimum atomic E-state index is 0.167. The topological polar surface area (TPSA) is 32.8 Å². The second-order valence-corrected chi connectivity index (χ2v) is 6.13. The van der Waals surface area contributed by atoms with Gasteiger partial charge in [-0.05, 0) is 63.5 Å². The molecule has 0 spiro atoms. The number of ether oxygens (including phenoxy) is 1. The average Bonchev–Trinajstić information content (AvgIpc) is 3.14. The molecule has 3 rings (SSSR count). The van der Waals surface area contributed by atoms with E-state index >= 15 is 0 Å². The van der Waals surface area contributed by atoms with Crippen LogP contribution in [0.4, 0.5) is 0 Å². The molecule has 0 aromatic heterocycles. The highest BCUT2D eigenvalue weighted by Gasteiger charge is 2.38. The third-order valence-corrected chi connectivity index (χ3v) is 4.92. The zero-order valence-electron chi connectivity index (χ0n) is 12.9. The summed E-state index contributed by atoms with van der Waals surface area (Å²) < 4.78 is 5.16. The number of nitrogens with zero attached hydrogens (tertiary/aromatic N) is 2. The van der Waals surface area contributed by atoms with Gasteiger partial charge in [-0.25, -0.2) is 0 Å². The normalized spacial score (nSPS) is 26.3. The minimum absolute atomic E-state index is 0.167. The fourth-order valence-electron chi connectivity index (χ4n) is 3.77. The molecule has 21 heavy (non-hydrogen) atoms. The van der Waals surface area contributed by atoms with Crippen molar-refractivity contribution in [3.05, 3.63) is 29.8 Å². The summed E-state index contributed by atoms with van der Waals surface area (Å²) in [6.07, 6.45) is 4.73. The molecule has 2 aliphatic rings. The van der Waals surface area contributed by atoms with Gasteiger partial charge in [-0.15, -0.1) is 0 Å². The van der Waals surface area contributed by atoms with Crippen molar-refractivity contribution < 1.29 is 9.53 Å². The molecule has 114 valence electrons. The summed E-state index contributed by atoms with van der Waals surface area (Å²) in [7, 11) is 3.83. The van der Waals surface area contributed by atoms with Crippen molar-refractivity contribution >= 4 is 5.91 Å². The van der Waals surface area contributed by atoms with Gasteiger partial charge in [0.15, 0.2) is 0 Å². The van der Waals surface area contributed by atoms with Crippen molar-refractivity contribution in [2.45, 2.75) is 37.8 Å². The number of hydrogen-bond acceptors (Lipinski definition) is 3. The lowest BCUT2D eigenvalue weighted by Gasteiger charge is -2.33. The molecule has 2 atom stereocenters. The molecule has 0 radical (unpaired) electrons. The molecule has 0 unspecified atom stereocenters. The molecule has 0 N–H and O–H groups in total. The molecule has 4 nitrogen and oxygen atoms in total. The molecule has 2 saturated heterocycles. The van der Waals surface area contributed by atoms with Gasteiger partial charge in [0.1, 0.15) is 5.75 Å². The highest BCUT2D eigenvalue weighted by molar-refractivity contribution is 5.94. The van der Waals surface area contributed by atoms with Crippen molar-refractivity contribution in [1.29, 1.82) is 0 Å². The van der Waals surface area contributed by atoms with E-state index in [1.54, 1.807) is 7.11 Å². The molecule has 0 bridgehead atoms. The van der Waals surface area contributed by atoms with Crippen molar-refractivity contribution in [2.24, 2.45) is 0 Å². The molecule has 1 amide bonds. The molecule has 2 aliphatic heterocycles. The molecule has 0 aliphatic carbocycles. The van der Waals surface area contributed by atoms with Gasteiger partial charge >= 0.3 is 0 Å². The van der Waals surface area contributed by atoms with Gasteiger partial charge in [-0.3, -0.25) is 4.79 Å². The van der Waals surface area contributed by atoms with Crippen LogP contribution in [0.25, 0.3) is 0 Å². The molecular weight excluding hydrogens is 264 g/mol. The summed E-state index contributed by atoms with van der Waals surface area (Å²) >= 11 is 0. The maximum Gasteiger partial charge on any atom is 0.254 e. The van der Waals surface area contributed by atoms with Gasteiger partial charge in [0.25, 0.3) is 5.91 Å². The number of carbonyl (C=O) groups excluding carboxylic acids is 1. The van der Waals surface area contributed by atoms with E-state index in [-0.39, 0.29) is 5.91 Å². The van der Waals surface area contributed by atoms with E-state index in [9.17, 15) is 4.79 Å². The first kappa shape index (κ1) is 14.4. The maximum atomic E-state index is 12.8. The number of rotatable bonds is 3. The van der Waals surface area contributed by atoms with E-state index < -0.39 is 0 Å². The monoisotopic (exact) mass is 288 g/mol. The first-order valence-corrected chi connectivity index (χ1v) is 7.86. The molecule has 1 aromatic rings. The Labute approximate surface area is 126 Å². The summed E-state index contributed by atoms with van der Waals surface area (Å²) in [5.41, 5.74) is 0.767. The van der Waals surface area contributed by atoms with Crippen LogP contribution in [0, 0.1) is 0 Å². The van der Waals surface area contributed by atoms with Gasteiger partial charge in [0, 0.05) is 24.2 Å². The predicted molar refractivity (Wildman–Crippen MR) is 82.7 cm³/mol. The van der Waals surface area contributed by atoms with E-state index in [4.69, 9.17) is 4.74 Å². The van der Waals surface area contributed by atoms with E-state index in [1.165, 1.54) is 12.8 Å². The van der Waals surface area contributed by atoms with Gasteiger partial charge in [0.05, 0.1) is 7.11 Å². The van der Waals surface area contributed by atoms with Gasteiger partial charge < -0.3 is 14.5 Å². The van der Waals surface area contributed by atoms with E-state index in [0.29, 0.717) is 12.1 Å². The molecule has 0 saturated carbocycles. The van der Waals surface area contributed by atoms with Crippen molar-refractivity contribution in [3.8, 4) is 5.75 Å².